The Morgan fingerprint density at radius 1 is 1.56 bits per heavy atom. The third-order valence-corrected chi connectivity index (χ3v) is 2.61. The second-order valence-electron chi connectivity index (χ2n) is 4.00. The van der Waals surface area contributed by atoms with Crippen LogP contribution in [0, 0.1) is 0 Å². The van der Waals surface area contributed by atoms with Gasteiger partial charge in [0.05, 0.1) is 6.54 Å². The Morgan fingerprint density at radius 2 is 2.33 bits per heavy atom. The Labute approximate surface area is 109 Å². The Bertz CT molecular complexity index is 437. The van der Waals surface area contributed by atoms with E-state index in [0.29, 0.717) is 19.6 Å². The Hall–Kier alpha value is -1.87. The second-order valence-corrected chi connectivity index (χ2v) is 4.00. The van der Waals surface area contributed by atoms with Gasteiger partial charge in [0.15, 0.2) is 0 Å². The molecule has 0 aromatic rings. The zero-order valence-corrected chi connectivity index (χ0v) is 10.9. The summed E-state index contributed by atoms with van der Waals surface area (Å²) < 4.78 is 0. The lowest BCUT2D eigenvalue weighted by molar-refractivity contribution is 0.966. The molecule has 0 bridgehead atoms. The van der Waals surface area contributed by atoms with Crippen molar-refractivity contribution < 1.29 is 0 Å². The number of rotatable bonds is 4. The van der Waals surface area contributed by atoms with Crippen LogP contribution in [0.15, 0.2) is 65.2 Å². The highest BCUT2D eigenvalue weighted by molar-refractivity contribution is 6.00. The van der Waals surface area contributed by atoms with E-state index in [9.17, 15) is 0 Å². The maximum atomic E-state index is 5.62. The minimum atomic E-state index is 0.462. The van der Waals surface area contributed by atoms with Crippen molar-refractivity contribution in [1.82, 2.24) is 5.32 Å². The van der Waals surface area contributed by atoms with E-state index in [-0.39, 0.29) is 0 Å². The molecule has 0 aromatic carbocycles. The summed E-state index contributed by atoms with van der Waals surface area (Å²) >= 11 is 0. The van der Waals surface area contributed by atoms with E-state index in [1.54, 1.807) is 0 Å². The Morgan fingerprint density at radius 3 is 3.00 bits per heavy atom. The number of hydrogen-bond acceptors (Lipinski definition) is 3. The highest BCUT2D eigenvalue weighted by Gasteiger charge is 2.05. The monoisotopic (exact) mass is 243 g/mol. The molecule has 0 saturated heterocycles. The van der Waals surface area contributed by atoms with E-state index in [0.717, 1.165) is 22.6 Å². The number of nitrogens with one attached hydrogen (secondary N) is 1. The predicted molar refractivity (Wildman–Crippen MR) is 79.7 cm³/mol. The van der Waals surface area contributed by atoms with Gasteiger partial charge in [-0.25, -0.2) is 0 Å². The molecule has 1 rings (SSSR count). The van der Waals surface area contributed by atoms with Crippen molar-refractivity contribution in [2.75, 3.05) is 19.6 Å². The van der Waals surface area contributed by atoms with Gasteiger partial charge in [-0.15, -0.1) is 0 Å². The molecule has 96 valence electrons. The quantitative estimate of drug-likeness (QED) is 0.743. The molecule has 18 heavy (non-hydrogen) atoms. The summed E-state index contributed by atoms with van der Waals surface area (Å²) in [5.74, 6) is 0.815. The first-order valence-electron chi connectivity index (χ1n) is 6.03. The molecule has 0 atom stereocenters. The lowest BCUT2D eigenvalue weighted by Gasteiger charge is -2.13. The molecular formula is C15H21N3. The van der Waals surface area contributed by atoms with Gasteiger partial charge in [0.1, 0.15) is 5.84 Å². The summed E-state index contributed by atoms with van der Waals surface area (Å²) in [7, 11) is 0. The Kier molecular flexibility index (Phi) is 5.88. The molecule has 0 aliphatic carbocycles. The number of amidine groups is 1. The number of nitrogens with zero attached hydrogens (tertiary/aromatic N) is 1. The molecule has 0 spiro atoms. The molecule has 3 heteroatoms. The molecule has 0 radical (unpaired) electrons. The summed E-state index contributed by atoms with van der Waals surface area (Å²) in [4.78, 5) is 4.46. The highest BCUT2D eigenvalue weighted by Crippen LogP contribution is 2.07. The summed E-state index contributed by atoms with van der Waals surface area (Å²) in [5, 5.41) is 3.29. The summed E-state index contributed by atoms with van der Waals surface area (Å²) in [6.07, 6.45) is 9.90. The van der Waals surface area contributed by atoms with Crippen LogP contribution in [0.25, 0.3) is 0 Å². The van der Waals surface area contributed by atoms with Crippen LogP contribution in [0.2, 0.25) is 0 Å². The smallest absolute Gasteiger partial charge is 0.128 e. The average molecular weight is 243 g/mol. The van der Waals surface area contributed by atoms with E-state index in [4.69, 9.17) is 5.73 Å². The van der Waals surface area contributed by atoms with Crippen molar-refractivity contribution in [2.45, 2.75) is 6.92 Å². The fourth-order valence-electron chi connectivity index (χ4n) is 1.55. The van der Waals surface area contributed by atoms with E-state index >= 15 is 0 Å². The summed E-state index contributed by atoms with van der Waals surface area (Å²) in [6.45, 7) is 11.7. The molecule has 0 saturated carbocycles. The predicted octanol–water partition coefficient (Wildman–Crippen LogP) is 2.12. The molecule has 3 N–H and O–H groups in total. The van der Waals surface area contributed by atoms with Gasteiger partial charge >= 0.3 is 0 Å². The molecule has 0 unspecified atom stereocenters. The van der Waals surface area contributed by atoms with Gasteiger partial charge < -0.3 is 11.1 Å². The second kappa shape index (κ2) is 7.45. The van der Waals surface area contributed by atoms with Gasteiger partial charge in [-0.05, 0) is 18.1 Å². The topological polar surface area (TPSA) is 50.4 Å². The first kappa shape index (κ1) is 14.2. The average Bonchev–Trinajstić information content (AvgIpc) is 2.49. The number of nitrogens with two attached hydrogens (primary N) is 1. The molecular weight excluding hydrogens is 222 g/mol. The van der Waals surface area contributed by atoms with E-state index < -0.39 is 0 Å². The molecule has 1 aliphatic heterocycles. The van der Waals surface area contributed by atoms with E-state index in [1.165, 1.54) is 0 Å². The third-order valence-electron chi connectivity index (χ3n) is 2.61. The Balaban J connectivity index is 2.85. The van der Waals surface area contributed by atoms with Crippen LogP contribution in [0.5, 0.6) is 0 Å². The molecule has 3 nitrogen and oxygen atoms in total. The van der Waals surface area contributed by atoms with E-state index in [1.807, 2.05) is 37.3 Å². The van der Waals surface area contributed by atoms with Gasteiger partial charge in [0, 0.05) is 18.7 Å². The normalized spacial score (nSPS) is 23.7. The van der Waals surface area contributed by atoms with Crippen molar-refractivity contribution >= 4 is 5.84 Å². The van der Waals surface area contributed by atoms with Crippen LogP contribution < -0.4 is 11.1 Å². The van der Waals surface area contributed by atoms with Crippen molar-refractivity contribution in [3.8, 4) is 0 Å². The van der Waals surface area contributed by atoms with Crippen LogP contribution in [0.1, 0.15) is 6.92 Å². The molecule has 0 fully saturated rings. The van der Waals surface area contributed by atoms with Crippen molar-refractivity contribution in [1.29, 1.82) is 0 Å². The summed E-state index contributed by atoms with van der Waals surface area (Å²) in [5.41, 5.74) is 8.53. The van der Waals surface area contributed by atoms with Gasteiger partial charge in [0.25, 0.3) is 0 Å². The number of aliphatic imine (C=N–C) groups is 1. The van der Waals surface area contributed by atoms with Gasteiger partial charge in [-0.2, -0.15) is 0 Å². The molecule has 0 amide bonds. The van der Waals surface area contributed by atoms with Gasteiger partial charge in [-0.1, -0.05) is 43.5 Å². The first-order valence-corrected chi connectivity index (χ1v) is 6.03. The van der Waals surface area contributed by atoms with Crippen LogP contribution in [0.4, 0.5) is 0 Å². The molecule has 0 aromatic heterocycles. The van der Waals surface area contributed by atoms with E-state index in [2.05, 4.69) is 23.5 Å². The zero-order chi connectivity index (χ0) is 13.4. The van der Waals surface area contributed by atoms with Crippen molar-refractivity contribution in [3.63, 3.8) is 0 Å². The molecule has 1 aliphatic rings. The minimum Gasteiger partial charge on any atom is -0.366 e. The minimum absolute atomic E-state index is 0.462. The SMILES string of the molecule is C=C(CN)/C1=C/C=C\C/N=C(/C(=C)/C=C\C)NC1. The van der Waals surface area contributed by atoms with Gasteiger partial charge in [-0.3, -0.25) is 4.99 Å². The standard InChI is InChI=1S/C15H21N3/c1-4-7-12(2)15-17-9-6-5-8-14(11-18-15)13(3)10-16/h4-8H,2-3,9-11,16H2,1H3,(H,17,18)/b6-5-,7-4-,14-8+. The maximum absolute atomic E-state index is 5.62. The van der Waals surface area contributed by atoms with Crippen LogP contribution >= 0.6 is 0 Å². The lowest BCUT2D eigenvalue weighted by atomic mass is 10.1. The maximum Gasteiger partial charge on any atom is 0.128 e. The van der Waals surface area contributed by atoms with Crippen molar-refractivity contribution in [2.24, 2.45) is 10.7 Å². The highest BCUT2D eigenvalue weighted by atomic mass is 15.0. The number of hydrogen-bond donors (Lipinski definition) is 2. The fourth-order valence-corrected chi connectivity index (χ4v) is 1.55. The fraction of sp³-hybridized carbons (Fsp3) is 0.267. The van der Waals surface area contributed by atoms with Gasteiger partial charge in [0.2, 0.25) is 0 Å². The number of allylic oxidation sites excluding steroid dienone is 3. The van der Waals surface area contributed by atoms with Crippen molar-refractivity contribution in [3.05, 3.63) is 60.3 Å². The first-order chi connectivity index (χ1) is 8.69. The third kappa shape index (κ3) is 4.18. The van der Waals surface area contributed by atoms with Crippen LogP contribution in [-0.2, 0) is 0 Å². The largest absolute Gasteiger partial charge is 0.366 e. The molecule has 1 heterocycles. The van der Waals surface area contributed by atoms with Crippen LogP contribution in [0.3, 0.4) is 0 Å². The van der Waals surface area contributed by atoms with Crippen LogP contribution in [-0.4, -0.2) is 25.5 Å². The lowest BCUT2D eigenvalue weighted by Crippen LogP contribution is -2.28. The zero-order valence-electron chi connectivity index (χ0n) is 10.9. The summed E-state index contributed by atoms with van der Waals surface area (Å²) in [6, 6.07) is 0.